The summed E-state index contributed by atoms with van der Waals surface area (Å²) < 4.78 is 5.20. The molecule has 0 spiro atoms. The number of carboxylic acid groups (broad SMARTS) is 1. The number of nitrogens with one attached hydrogen (secondary N) is 2. The van der Waals surface area contributed by atoms with Gasteiger partial charge in [0.1, 0.15) is 5.75 Å². The van der Waals surface area contributed by atoms with Gasteiger partial charge in [0.2, 0.25) is 0 Å². The number of rotatable bonds is 4. The molecule has 0 radical (unpaired) electrons. The van der Waals surface area contributed by atoms with E-state index in [1.807, 2.05) is 0 Å². The van der Waals surface area contributed by atoms with E-state index in [4.69, 9.17) is 9.84 Å². The van der Waals surface area contributed by atoms with Gasteiger partial charge >= 0.3 is 5.97 Å². The van der Waals surface area contributed by atoms with Crippen LogP contribution in [-0.2, 0) is 9.59 Å². The molecule has 17 heavy (non-hydrogen) atoms. The molecule has 0 saturated carbocycles. The summed E-state index contributed by atoms with van der Waals surface area (Å²) in [5.74, 6) is -0.430. The summed E-state index contributed by atoms with van der Waals surface area (Å²) in [6.45, 7) is 0.363. The molecular weight excluding hydrogens is 224 g/mol. The molecule has 6 nitrogen and oxygen atoms in total. The molecule has 0 atom stereocenters. The van der Waals surface area contributed by atoms with E-state index in [2.05, 4.69) is 10.6 Å². The number of carbonyl (C=O) groups excluding carboxylic acids is 1. The summed E-state index contributed by atoms with van der Waals surface area (Å²) in [4.78, 5) is 21.5. The highest BCUT2D eigenvalue weighted by Gasteiger charge is 2.15. The van der Waals surface area contributed by atoms with Crippen molar-refractivity contribution in [1.29, 1.82) is 0 Å². The van der Waals surface area contributed by atoms with Crippen molar-refractivity contribution < 1.29 is 19.4 Å². The van der Waals surface area contributed by atoms with Gasteiger partial charge in [-0.05, 0) is 18.2 Å². The Kier molecular flexibility index (Phi) is 3.13. The van der Waals surface area contributed by atoms with Gasteiger partial charge in [-0.1, -0.05) is 0 Å². The van der Waals surface area contributed by atoms with E-state index in [0.29, 0.717) is 18.0 Å². The van der Waals surface area contributed by atoms with Crippen LogP contribution in [0, 0.1) is 0 Å². The Bertz CT molecular complexity index is 459. The Morgan fingerprint density at radius 1 is 1.53 bits per heavy atom. The third kappa shape index (κ3) is 2.87. The highest BCUT2D eigenvalue weighted by molar-refractivity contribution is 5.96. The molecule has 1 aliphatic heterocycles. The molecule has 2 rings (SSSR count). The quantitative estimate of drug-likeness (QED) is 0.723. The molecule has 0 unspecified atom stereocenters. The topological polar surface area (TPSA) is 87.7 Å². The van der Waals surface area contributed by atoms with E-state index in [1.54, 1.807) is 18.2 Å². The number of amides is 1. The molecule has 3 N–H and O–H groups in total. The summed E-state index contributed by atoms with van der Waals surface area (Å²) in [5, 5.41) is 14.1. The van der Waals surface area contributed by atoms with Crippen molar-refractivity contribution >= 4 is 23.3 Å². The Labute approximate surface area is 97.6 Å². The van der Waals surface area contributed by atoms with Crippen molar-refractivity contribution in [2.24, 2.45) is 0 Å². The van der Waals surface area contributed by atoms with Crippen molar-refractivity contribution in [2.75, 3.05) is 23.8 Å². The molecule has 1 aromatic carbocycles. The van der Waals surface area contributed by atoms with Gasteiger partial charge in [0.05, 0.1) is 12.1 Å². The van der Waals surface area contributed by atoms with Crippen LogP contribution in [0.4, 0.5) is 11.4 Å². The minimum Gasteiger partial charge on any atom is -0.482 e. The standard InChI is InChI=1S/C11H12N2O4/c14-10-6-17-9-2-1-7(5-8(9)13-10)12-4-3-11(15)16/h1-2,5,12H,3-4,6H2,(H,13,14)(H,15,16). The van der Waals surface area contributed by atoms with Crippen molar-refractivity contribution in [1.82, 2.24) is 0 Å². The smallest absolute Gasteiger partial charge is 0.305 e. The molecule has 0 aromatic heterocycles. The largest absolute Gasteiger partial charge is 0.482 e. The zero-order valence-electron chi connectivity index (χ0n) is 9.03. The van der Waals surface area contributed by atoms with Crippen LogP contribution in [0.3, 0.4) is 0 Å². The maximum atomic E-state index is 11.1. The van der Waals surface area contributed by atoms with Gasteiger partial charge in [-0.2, -0.15) is 0 Å². The average Bonchev–Trinajstić information content (AvgIpc) is 2.28. The van der Waals surface area contributed by atoms with E-state index < -0.39 is 5.97 Å². The van der Waals surface area contributed by atoms with Crippen LogP contribution < -0.4 is 15.4 Å². The molecule has 90 valence electrons. The predicted molar refractivity (Wildman–Crippen MR) is 61.3 cm³/mol. The predicted octanol–water partition coefficient (Wildman–Crippen LogP) is 0.904. The van der Waals surface area contributed by atoms with Crippen LogP contribution in [-0.4, -0.2) is 30.1 Å². The van der Waals surface area contributed by atoms with Gasteiger partial charge in [0.15, 0.2) is 6.61 Å². The summed E-state index contributed by atoms with van der Waals surface area (Å²) in [6, 6.07) is 5.23. The first kappa shape index (κ1) is 11.3. The molecule has 0 saturated heterocycles. The fourth-order valence-electron chi connectivity index (χ4n) is 1.51. The van der Waals surface area contributed by atoms with E-state index >= 15 is 0 Å². The van der Waals surface area contributed by atoms with E-state index in [0.717, 1.165) is 5.69 Å². The second-order valence-electron chi connectivity index (χ2n) is 3.62. The van der Waals surface area contributed by atoms with Gasteiger partial charge in [-0.3, -0.25) is 9.59 Å². The number of hydrogen-bond donors (Lipinski definition) is 3. The normalized spacial score (nSPS) is 13.3. The summed E-state index contributed by atoms with van der Waals surface area (Å²) in [5.41, 5.74) is 1.34. The molecule has 0 bridgehead atoms. The van der Waals surface area contributed by atoms with Crippen LogP contribution in [0.25, 0.3) is 0 Å². The van der Waals surface area contributed by atoms with Crippen LogP contribution in [0.2, 0.25) is 0 Å². The number of hydrogen-bond acceptors (Lipinski definition) is 4. The molecule has 0 fully saturated rings. The maximum Gasteiger partial charge on any atom is 0.305 e. The third-order valence-corrected chi connectivity index (χ3v) is 2.28. The average molecular weight is 236 g/mol. The van der Waals surface area contributed by atoms with Crippen molar-refractivity contribution in [3.63, 3.8) is 0 Å². The monoisotopic (exact) mass is 236 g/mol. The van der Waals surface area contributed by atoms with Crippen molar-refractivity contribution in [2.45, 2.75) is 6.42 Å². The van der Waals surface area contributed by atoms with E-state index in [-0.39, 0.29) is 18.9 Å². The number of fused-ring (bicyclic) bond motifs is 1. The lowest BCUT2D eigenvalue weighted by Gasteiger charge is -2.18. The Morgan fingerprint density at radius 2 is 2.35 bits per heavy atom. The first-order valence-electron chi connectivity index (χ1n) is 5.17. The lowest BCUT2D eigenvalue weighted by atomic mass is 10.2. The zero-order chi connectivity index (χ0) is 12.3. The van der Waals surface area contributed by atoms with E-state index in [1.165, 1.54) is 0 Å². The number of anilines is 2. The second-order valence-corrected chi connectivity index (χ2v) is 3.62. The highest BCUT2D eigenvalue weighted by atomic mass is 16.5. The first-order chi connectivity index (χ1) is 8.15. The Hall–Kier alpha value is -2.24. The van der Waals surface area contributed by atoms with Crippen LogP contribution in [0.5, 0.6) is 5.75 Å². The molecule has 1 aliphatic rings. The first-order valence-corrected chi connectivity index (χ1v) is 5.17. The number of carbonyl (C=O) groups is 2. The SMILES string of the molecule is O=C(O)CCNc1ccc2c(c1)NC(=O)CO2. The third-order valence-electron chi connectivity index (χ3n) is 2.28. The molecule has 0 aliphatic carbocycles. The minimum atomic E-state index is -0.855. The van der Waals surface area contributed by atoms with Crippen LogP contribution in [0.1, 0.15) is 6.42 Å². The Morgan fingerprint density at radius 3 is 3.12 bits per heavy atom. The molecule has 1 heterocycles. The second kappa shape index (κ2) is 4.73. The number of aliphatic carboxylic acids is 1. The van der Waals surface area contributed by atoms with E-state index in [9.17, 15) is 9.59 Å². The van der Waals surface area contributed by atoms with Gasteiger partial charge in [0.25, 0.3) is 5.91 Å². The zero-order valence-corrected chi connectivity index (χ0v) is 9.03. The van der Waals surface area contributed by atoms with Gasteiger partial charge < -0.3 is 20.5 Å². The summed E-state index contributed by atoms with van der Waals surface area (Å²) in [6.07, 6.45) is 0.0416. The number of carboxylic acids is 1. The fourth-order valence-corrected chi connectivity index (χ4v) is 1.51. The number of benzene rings is 1. The fraction of sp³-hybridized carbons (Fsp3) is 0.273. The van der Waals surface area contributed by atoms with Crippen molar-refractivity contribution in [3.05, 3.63) is 18.2 Å². The van der Waals surface area contributed by atoms with Crippen LogP contribution in [0.15, 0.2) is 18.2 Å². The van der Waals surface area contributed by atoms with Gasteiger partial charge in [-0.15, -0.1) is 0 Å². The summed E-state index contributed by atoms with van der Waals surface area (Å²) in [7, 11) is 0. The molecule has 6 heteroatoms. The summed E-state index contributed by atoms with van der Waals surface area (Å²) >= 11 is 0. The Balaban J connectivity index is 2.02. The number of ether oxygens (including phenoxy) is 1. The van der Waals surface area contributed by atoms with Crippen molar-refractivity contribution in [3.8, 4) is 5.75 Å². The highest BCUT2D eigenvalue weighted by Crippen LogP contribution is 2.30. The minimum absolute atomic E-state index is 0.0266. The lowest BCUT2D eigenvalue weighted by Crippen LogP contribution is -2.25. The van der Waals surface area contributed by atoms with Crippen LogP contribution >= 0.6 is 0 Å². The molecule has 1 aromatic rings. The lowest BCUT2D eigenvalue weighted by molar-refractivity contribution is -0.136. The van der Waals surface area contributed by atoms with Gasteiger partial charge in [0, 0.05) is 12.2 Å². The molecular formula is C11H12N2O4. The maximum absolute atomic E-state index is 11.1. The van der Waals surface area contributed by atoms with Gasteiger partial charge in [-0.25, -0.2) is 0 Å². The molecule has 1 amide bonds.